The molecule has 0 spiro atoms. The lowest BCUT2D eigenvalue weighted by Gasteiger charge is -2.14. The average molecular weight is 307 g/mol. The third-order valence-electron chi connectivity index (χ3n) is 3.50. The second kappa shape index (κ2) is 5.84. The van der Waals surface area contributed by atoms with Gasteiger partial charge in [-0.1, -0.05) is 18.2 Å². The zero-order valence-corrected chi connectivity index (χ0v) is 12.3. The normalized spacial score (nSPS) is 10.5. The monoisotopic (exact) mass is 307 g/mol. The van der Waals surface area contributed by atoms with Gasteiger partial charge in [0, 0.05) is 29.3 Å². The minimum atomic E-state index is -1.28. The summed E-state index contributed by atoms with van der Waals surface area (Å²) in [5, 5.41) is 9.35. The molecule has 0 aliphatic rings. The van der Waals surface area contributed by atoms with Crippen LogP contribution in [-0.2, 0) is 0 Å². The molecule has 0 aliphatic heterocycles. The van der Waals surface area contributed by atoms with Crippen molar-refractivity contribution in [2.45, 2.75) is 6.92 Å². The van der Waals surface area contributed by atoms with Gasteiger partial charge in [-0.05, 0) is 31.2 Å². The van der Waals surface area contributed by atoms with Gasteiger partial charge in [-0.3, -0.25) is 9.36 Å². The number of aromatic nitrogens is 3. The van der Waals surface area contributed by atoms with E-state index >= 15 is 0 Å². The molecule has 0 radical (unpaired) electrons. The van der Waals surface area contributed by atoms with E-state index in [-0.39, 0.29) is 5.56 Å². The molecule has 0 amide bonds. The SMILES string of the molecule is Cc1c(-c2ncccn2)cc(C(=O)O)c(=O)n1-c1ccccc1. The molecule has 0 bridgehead atoms. The van der Waals surface area contributed by atoms with Gasteiger partial charge in [-0.2, -0.15) is 0 Å². The molecular weight excluding hydrogens is 294 g/mol. The second-order valence-electron chi connectivity index (χ2n) is 4.91. The van der Waals surface area contributed by atoms with Crippen molar-refractivity contribution in [2.24, 2.45) is 0 Å². The fraction of sp³-hybridized carbons (Fsp3) is 0.0588. The Morgan fingerprint density at radius 2 is 1.74 bits per heavy atom. The van der Waals surface area contributed by atoms with Crippen LogP contribution in [0.4, 0.5) is 0 Å². The zero-order valence-electron chi connectivity index (χ0n) is 12.3. The number of hydrogen-bond donors (Lipinski definition) is 1. The molecule has 1 N–H and O–H groups in total. The van der Waals surface area contributed by atoms with E-state index in [1.54, 1.807) is 49.6 Å². The van der Waals surface area contributed by atoms with Crippen LogP contribution in [-0.4, -0.2) is 25.6 Å². The standard InChI is InChI=1S/C17H13N3O3/c1-11-13(15-18-8-5-9-19-15)10-14(17(22)23)16(21)20(11)12-6-3-2-4-7-12/h2-10H,1H3,(H,22,23). The van der Waals surface area contributed by atoms with Crippen molar-refractivity contribution in [3.05, 3.63) is 76.5 Å². The number of carboxylic acid groups (broad SMARTS) is 1. The van der Waals surface area contributed by atoms with Crippen molar-refractivity contribution < 1.29 is 9.90 Å². The van der Waals surface area contributed by atoms with Crippen molar-refractivity contribution >= 4 is 5.97 Å². The first kappa shape index (κ1) is 14.6. The Morgan fingerprint density at radius 1 is 1.09 bits per heavy atom. The largest absolute Gasteiger partial charge is 0.477 e. The van der Waals surface area contributed by atoms with Gasteiger partial charge in [0.2, 0.25) is 0 Å². The number of nitrogens with zero attached hydrogens (tertiary/aromatic N) is 3. The number of carbonyl (C=O) groups is 1. The maximum absolute atomic E-state index is 12.6. The Kier molecular flexibility index (Phi) is 3.72. The number of rotatable bonds is 3. The van der Waals surface area contributed by atoms with E-state index in [1.807, 2.05) is 6.07 Å². The van der Waals surface area contributed by atoms with Crippen LogP contribution in [0.5, 0.6) is 0 Å². The van der Waals surface area contributed by atoms with E-state index in [0.717, 1.165) is 0 Å². The van der Waals surface area contributed by atoms with E-state index in [0.29, 0.717) is 22.8 Å². The molecule has 1 aromatic carbocycles. The summed E-state index contributed by atoms with van der Waals surface area (Å²) in [6.07, 6.45) is 3.14. The van der Waals surface area contributed by atoms with Crippen LogP contribution in [0.2, 0.25) is 0 Å². The minimum absolute atomic E-state index is 0.318. The summed E-state index contributed by atoms with van der Waals surface area (Å²) in [7, 11) is 0. The number of para-hydroxylation sites is 1. The smallest absolute Gasteiger partial charge is 0.341 e. The molecule has 6 nitrogen and oxygen atoms in total. The van der Waals surface area contributed by atoms with Gasteiger partial charge in [0.25, 0.3) is 5.56 Å². The molecule has 2 aromatic heterocycles. The quantitative estimate of drug-likeness (QED) is 0.802. The zero-order chi connectivity index (χ0) is 16.4. The van der Waals surface area contributed by atoms with Crippen molar-refractivity contribution in [1.82, 2.24) is 14.5 Å². The predicted molar refractivity (Wildman–Crippen MR) is 84.8 cm³/mol. The molecule has 2 heterocycles. The Morgan fingerprint density at radius 3 is 2.35 bits per heavy atom. The lowest BCUT2D eigenvalue weighted by molar-refractivity contribution is 0.0694. The second-order valence-corrected chi connectivity index (χ2v) is 4.91. The summed E-state index contributed by atoms with van der Waals surface area (Å²) < 4.78 is 1.37. The number of carboxylic acids is 1. The topological polar surface area (TPSA) is 85.1 Å². The van der Waals surface area contributed by atoms with Crippen LogP contribution in [0.1, 0.15) is 16.1 Å². The van der Waals surface area contributed by atoms with Crippen molar-refractivity contribution in [3.63, 3.8) is 0 Å². The number of benzene rings is 1. The first-order chi connectivity index (χ1) is 11.1. The van der Waals surface area contributed by atoms with E-state index < -0.39 is 11.5 Å². The highest BCUT2D eigenvalue weighted by atomic mass is 16.4. The van der Waals surface area contributed by atoms with Crippen LogP contribution in [0.3, 0.4) is 0 Å². The van der Waals surface area contributed by atoms with Gasteiger partial charge in [-0.15, -0.1) is 0 Å². The van der Waals surface area contributed by atoms with Gasteiger partial charge in [0.05, 0.1) is 0 Å². The molecule has 3 rings (SSSR count). The lowest BCUT2D eigenvalue weighted by Crippen LogP contribution is -2.27. The highest BCUT2D eigenvalue weighted by Crippen LogP contribution is 2.21. The molecule has 0 atom stereocenters. The molecular formula is C17H13N3O3. The Labute approximate surface area is 131 Å². The summed E-state index contributed by atoms with van der Waals surface area (Å²) in [5.74, 6) is -0.908. The van der Waals surface area contributed by atoms with Gasteiger partial charge in [0.1, 0.15) is 5.56 Å². The molecule has 6 heteroatoms. The van der Waals surface area contributed by atoms with Crippen LogP contribution in [0, 0.1) is 6.92 Å². The average Bonchev–Trinajstić information content (AvgIpc) is 2.56. The van der Waals surface area contributed by atoms with Gasteiger partial charge in [0.15, 0.2) is 5.82 Å². The first-order valence-electron chi connectivity index (χ1n) is 6.92. The van der Waals surface area contributed by atoms with E-state index in [2.05, 4.69) is 9.97 Å². The summed E-state index contributed by atoms with van der Waals surface area (Å²) in [6, 6.07) is 11.9. The van der Waals surface area contributed by atoms with Gasteiger partial charge in [-0.25, -0.2) is 14.8 Å². The molecule has 0 aliphatic carbocycles. The Hall–Kier alpha value is -3.28. The van der Waals surface area contributed by atoms with Crippen LogP contribution in [0.25, 0.3) is 17.1 Å². The summed E-state index contributed by atoms with van der Waals surface area (Å²) in [5.41, 5.74) is 0.780. The molecule has 3 aromatic rings. The maximum atomic E-state index is 12.6. The molecule has 0 fully saturated rings. The van der Waals surface area contributed by atoms with Gasteiger partial charge >= 0.3 is 5.97 Å². The minimum Gasteiger partial charge on any atom is -0.477 e. The summed E-state index contributed by atoms with van der Waals surface area (Å²) in [4.78, 5) is 32.3. The molecule has 0 unspecified atom stereocenters. The third-order valence-corrected chi connectivity index (χ3v) is 3.50. The van der Waals surface area contributed by atoms with Crippen molar-refractivity contribution in [2.75, 3.05) is 0 Å². The number of pyridine rings is 1. The van der Waals surface area contributed by atoms with Gasteiger partial charge < -0.3 is 5.11 Å². The van der Waals surface area contributed by atoms with Crippen molar-refractivity contribution in [1.29, 1.82) is 0 Å². The molecule has 114 valence electrons. The van der Waals surface area contributed by atoms with E-state index in [1.165, 1.54) is 10.6 Å². The predicted octanol–water partition coefficient (Wildman–Crippen LogP) is 2.30. The number of aromatic carboxylic acids is 1. The summed E-state index contributed by atoms with van der Waals surface area (Å²) in [6.45, 7) is 1.74. The number of hydrogen-bond acceptors (Lipinski definition) is 4. The highest BCUT2D eigenvalue weighted by Gasteiger charge is 2.19. The first-order valence-corrected chi connectivity index (χ1v) is 6.92. The lowest BCUT2D eigenvalue weighted by atomic mass is 10.1. The highest BCUT2D eigenvalue weighted by molar-refractivity contribution is 5.89. The fourth-order valence-corrected chi connectivity index (χ4v) is 2.41. The molecule has 0 saturated heterocycles. The summed E-state index contributed by atoms with van der Waals surface area (Å²) >= 11 is 0. The van der Waals surface area contributed by atoms with Crippen LogP contribution in [0.15, 0.2) is 59.7 Å². The maximum Gasteiger partial charge on any atom is 0.341 e. The van der Waals surface area contributed by atoms with Crippen molar-refractivity contribution in [3.8, 4) is 17.1 Å². The Bertz CT molecular complexity index is 919. The van der Waals surface area contributed by atoms with Crippen LogP contribution < -0.4 is 5.56 Å². The third kappa shape index (κ3) is 2.62. The van der Waals surface area contributed by atoms with Crippen LogP contribution >= 0.6 is 0 Å². The van der Waals surface area contributed by atoms with E-state index in [4.69, 9.17) is 0 Å². The fourth-order valence-electron chi connectivity index (χ4n) is 2.41. The molecule has 23 heavy (non-hydrogen) atoms. The Balaban J connectivity index is 2.38. The van der Waals surface area contributed by atoms with E-state index in [9.17, 15) is 14.7 Å². The molecule has 0 saturated carbocycles.